The van der Waals surface area contributed by atoms with E-state index >= 15 is 0 Å². The third-order valence-corrected chi connectivity index (χ3v) is 16.5. The molecule has 6 N–H and O–H groups in total. The summed E-state index contributed by atoms with van der Waals surface area (Å²) in [6.07, 6.45) is 5.15. The summed E-state index contributed by atoms with van der Waals surface area (Å²) in [4.78, 5) is 91.3. The molecular formula is C69H89F2N11O13. The van der Waals surface area contributed by atoms with E-state index in [9.17, 15) is 37.5 Å². The molecule has 1 fully saturated rings. The van der Waals surface area contributed by atoms with Crippen molar-refractivity contribution in [1.82, 2.24) is 46.5 Å². The zero-order valence-corrected chi connectivity index (χ0v) is 55.3. The first-order valence-electron chi connectivity index (χ1n) is 32.4. The van der Waals surface area contributed by atoms with Crippen LogP contribution in [0.1, 0.15) is 123 Å². The van der Waals surface area contributed by atoms with Crippen LogP contribution in [0.25, 0.3) is 11.5 Å². The molecule has 5 atom stereocenters. The largest absolute Gasteiger partial charge is 0.491 e. The number of aryl methyl sites for hydroxylation is 1. The van der Waals surface area contributed by atoms with E-state index in [1.54, 1.807) is 75.0 Å². The number of fused-ring (bicyclic) bond motifs is 2. The minimum atomic E-state index is -2.88. The van der Waals surface area contributed by atoms with Crippen molar-refractivity contribution in [2.75, 3.05) is 89.9 Å². The second-order valence-corrected chi connectivity index (χ2v) is 26.0. The number of rotatable bonds is 31. The Hall–Kier alpha value is -8.40. The number of ether oxygens (including phenoxy) is 6. The molecule has 2 aliphatic carbocycles. The lowest BCUT2D eigenvalue weighted by atomic mass is 9.83. The van der Waals surface area contributed by atoms with Gasteiger partial charge in [-0.15, -0.1) is 0 Å². The summed E-state index contributed by atoms with van der Waals surface area (Å²) < 4.78 is 69.6. The fourth-order valence-electron chi connectivity index (χ4n) is 11.3. The zero-order chi connectivity index (χ0) is 67.8. The number of alkyl halides is 2. The molecule has 9 rings (SSSR count). The molecule has 0 bridgehead atoms. The van der Waals surface area contributed by atoms with Crippen LogP contribution >= 0.6 is 0 Å². The Bertz CT molecular complexity index is 3480. The Balaban J connectivity index is 0.656. The van der Waals surface area contributed by atoms with Crippen LogP contribution in [0.3, 0.4) is 0 Å². The molecule has 512 valence electrons. The quantitative estimate of drug-likeness (QED) is 0.0230. The van der Waals surface area contributed by atoms with Gasteiger partial charge in [0.15, 0.2) is 5.69 Å². The predicted molar refractivity (Wildman–Crippen MR) is 349 cm³/mol. The Morgan fingerprint density at radius 3 is 2.14 bits per heavy atom. The maximum absolute atomic E-state index is 15.0. The van der Waals surface area contributed by atoms with Gasteiger partial charge in [0, 0.05) is 49.6 Å². The smallest absolute Gasteiger partial charge is 0.413 e. The molecule has 1 saturated carbocycles. The molecular weight excluding hydrogens is 1230 g/mol. The highest BCUT2D eigenvalue weighted by molar-refractivity contribution is 5.96. The molecule has 24 nitrogen and oxygen atoms in total. The topological polar surface area (TPSA) is 279 Å². The highest BCUT2D eigenvalue weighted by atomic mass is 19.3. The monoisotopic (exact) mass is 1320 g/mol. The van der Waals surface area contributed by atoms with E-state index in [0.29, 0.717) is 81.8 Å². The van der Waals surface area contributed by atoms with Gasteiger partial charge in [-0.3, -0.25) is 34.3 Å². The molecule has 4 aliphatic rings. The lowest BCUT2D eigenvalue weighted by Gasteiger charge is -2.41. The van der Waals surface area contributed by atoms with Gasteiger partial charge in [-0.25, -0.2) is 28.6 Å². The van der Waals surface area contributed by atoms with Gasteiger partial charge in [0.1, 0.15) is 48.2 Å². The second-order valence-electron chi connectivity index (χ2n) is 26.0. The third-order valence-electron chi connectivity index (χ3n) is 16.5. The first-order valence-corrected chi connectivity index (χ1v) is 32.4. The number of amides is 6. The Morgan fingerprint density at radius 1 is 0.768 bits per heavy atom. The van der Waals surface area contributed by atoms with Crippen molar-refractivity contribution < 1.29 is 70.4 Å². The van der Waals surface area contributed by atoms with Crippen molar-refractivity contribution >= 4 is 47.1 Å². The number of hydrogen-bond donors (Lipinski definition) is 6. The molecule has 4 heterocycles. The lowest BCUT2D eigenvalue weighted by Crippen LogP contribution is -2.62. The van der Waals surface area contributed by atoms with Crippen LogP contribution in [0, 0.1) is 11.3 Å². The third kappa shape index (κ3) is 19.9. The van der Waals surface area contributed by atoms with Gasteiger partial charge in [0.25, 0.3) is 18.2 Å². The fourth-order valence-corrected chi connectivity index (χ4v) is 11.3. The SMILES string of the molecule is CN[C@@H](C)C(=O)N[C@H](C(=O)N1Cc2cc(OCCOCCOCCOCCOCCNC(=O)c3ccc(N4C=C(NC(=O)c5coc(-c6ccnc(NC(=O)OC(C)(C)C)c6)n5)C(C(F)F)N4CC4CC4)cc3)ccc2C[C@H]1C(=O)N[C@@H]1CCCc2ccccc21)C(C)(C)C. The maximum Gasteiger partial charge on any atom is 0.413 e. The van der Waals surface area contributed by atoms with Crippen molar-refractivity contribution in [3.63, 3.8) is 0 Å². The summed E-state index contributed by atoms with van der Waals surface area (Å²) in [6, 6.07) is 19.5. The van der Waals surface area contributed by atoms with Gasteiger partial charge < -0.3 is 64.3 Å². The number of likely N-dealkylation sites (N-methyl/N-ethyl adjacent to an activating group) is 1. The normalized spacial score (nSPS) is 17.8. The molecule has 0 radical (unpaired) electrons. The van der Waals surface area contributed by atoms with E-state index in [1.807, 2.05) is 51.1 Å². The number of nitrogens with zero attached hydrogens (tertiary/aromatic N) is 5. The van der Waals surface area contributed by atoms with Crippen LogP contribution in [-0.2, 0) is 57.5 Å². The summed E-state index contributed by atoms with van der Waals surface area (Å²) in [7, 11) is 1.69. The highest BCUT2D eigenvalue weighted by Crippen LogP contribution is 2.38. The van der Waals surface area contributed by atoms with E-state index < -0.39 is 53.6 Å². The zero-order valence-electron chi connectivity index (χ0n) is 55.3. The number of carbonyl (C=O) groups is 6. The molecule has 5 aromatic rings. The van der Waals surface area contributed by atoms with E-state index in [4.69, 9.17) is 32.8 Å². The van der Waals surface area contributed by atoms with Crippen molar-refractivity contribution in [2.45, 2.75) is 136 Å². The molecule has 0 spiro atoms. The molecule has 0 saturated heterocycles. The minimum absolute atomic E-state index is 0.0308. The van der Waals surface area contributed by atoms with Crippen molar-refractivity contribution in [1.29, 1.82) is 0 Å². The first-order chi connectivity index (χ1) is 45.5. The van der Waals surface area contributed by atoms with E-state index in [2.05, 4.69) is 54.0 Å². The van der Waals surface area contributed by atoms with Crippen LogP contribution in [0.5, 0.6) is 5.75 Å². The number of hydrogen-bond acceptors (Lipinski definition) is 18. The Kier molecular flexibility index (Phi) is 24.5. The molecule has 2 aliphatic heterocycles. The number of aromatic nitrogens is 2. The van der Waals surface area contributed by atoms with Crippen molar-refractivity contribution in [2.24, 2.45) is 11.3 Å². The Morgan fingerprint density at radius 2 is 1.46 bits per heavy atom. The molecule has 3 aromatic carbocycles. The number of benzene rings is 3. The second kappa shape index (κ2) is 32.8. The Labute approximate surface area is 552 Å². The van der Waals surface area contributed by atoms with E-state index in [0.717, 1.165) is 55.1 Å². The summed E-state index contributed by atoms with van der Waals surface area (Å²) in [5.41, 5.74) is 3.74. The molecule has 6 amide bonds. The van der Waals surface area contributed by atoms with Crippen molar-refractivity contribution in [3.8, 4) is 17.2 Å². The maximum atomic E-state index is 15.0. The number of halogens is 2. The first kappa shape index (κ1) is 70.9. The van der Waals surface area contributed by atoms with Crippen molar-refractivity contribution in [3.05, 3.63) is 137 Å². The number of oxazole rings is 1. The van der Waals surface area contributed by atoms with E-state index in [1.165, 1.54) is 29.0 Å². The fraction of sp³-hybridized carbons (Fsp3) is 0.507. The molecule has 26 heteroatoms. The average molecular weight is 1320 g/mol. The van der Waals surface area contributed by atoms with Gasteiger partial charge in [0.2, 0.25) is 23.6 Å². The van der Waals surface area contributed by atoms with Crippen LogP contribution < -0.4 is 41.6 Å². The van der Waals surface area contributed by atoms with Crippen LogP contribution in [0.4, 0.5) is 25.1 Å². The number of pyridine rings is 1. The molecule has 1 unspecified atom stereocenters. The minimum Gasteiger partial charge on any atom is -0.491 e. The lowest BCUT2D eigenvalue weighted by molar-refractivity contribution is -0.147. The predicted octanol–water partition coefficient (Wildman–Crippen LogP) is 7.90. The molecule has 95 heavy (non-hydrogen) atoms. The molecule has 2 aromatic heterocycles. The number of nitrogens with one attached hydrogen (secondary N) is 6. The van der Waals surface area contributed by atoms with Gasteiger partial charge in [-0.2, -0.15) is 0 Å². The summed E-state index contributed by atoms with van der Waals surface area (Å²) >= 11 is 0. The van der Waals surface area contributed by atoms with Crippen LogP contribution in [-0.4, -0.2) is 171 Å². The number of hydrazine groups is 1. The van der Waals surface area contributed by atoms with E-state index in [-0.39, 0.29) is 85.0 Å². The van der Waals surface area contributed by atoms with Gasteiger partial charge >= 0.3 is 6.09 Å². The average Bonchev–Trinajstić information content (AvgIpc) is 1.77. The standard InChI is InChI=1S/C69H89F2N11O13/c1-43(72-8)61(83)79-59(68(2,3)4)66(87)80-40-49-36-51(23-20-47(49)37-56(80)64(86)75-53-15-11-13-45-12-9-10-14-52(45)53)93-35-34-92-33-32-91-31-30-90-29-28-89-27-26-74-62(84)46-18-21-50(22-19-46)81-41-54(58(60(70)71)82(81)39-44-16-17-44)76-63(85)55-42-94-65(77-55)48-24-25-73-57(38-48)78-67(88)95-69(5,6)7/h9-10,12,14,18-25,36,38,41-44,53,56,58-60,72H,11,13,15-17,26-35,37,39-40H2,1-8H3,(H,74,84)(H,75,86)(H,76,85)(H,79,83)(H,73,78,88)/t43-,53+,56-,58?,59+/m0/s1. The van der Waals surface area contributed by atoms with Crippen LogP contribution in [0.2, 0.25) is 0 Å². The number of anilines is 2. The van der Waals surface area contributed by atoms with Crippen LogP contribution in [0.15, 0.2) is 108 Å². The van der Waals surface area contributed by atoms with Gasteiger partial charge in [-0.05, 0) is 149 Å². The summed E-state index contributed by atoms with van der Waals surface area (Å²) in [5, 5.41) is 20.3. The van der Waals surface area contributed by atoms with Gasteiger partial charge in [-0.1, -0.05) is 51.1 Å². The summed E-state index contributed by atoms with van der Waals surface area (Å²) in [6.45, 7) is 16.1. The highest BCUT2D eigenvalue weighted by Gasteiger charge is 2.45. The number of carbonyl (C=O) groups excluding carboxylic acids is 6. The van der Waals surface area contributed by atoms with Gasteiger partial charge in [0.05, 0.1) is 76.3 Å². The summed E-state index contributed by atoms with van der Waals surface area (Å²) in [5.74, 6) is -1.02.